The van der Waals surface area contributed by atoms with Gasteiger partial charge in [0.25, 0.3) is 0 Å². The third-order valence-electron chi connectivity index (χ3n) is 3.92. The van der Waals surface area contributed by atoms with Crippen molar-refractivity contribution in [2.45, 2.75) is 52.2 Å². The van der Waals surface area contributed by atoms with Gasteiger partial charge < -0.3 is 10.2 Å². The van der Waals surface area contributed by atoms with Gasteiger partial charge in [-0.25, -0.2) is 4.39 Å². The van der Waals surface area contributed by atoms with Crippen molar-refractivity contribution >= 4 is 5.91 Å². The lowest BCUT2D eigenvalue weighted by Crippen LogP contribution is -2.42. The van der Waals surface area contributed by atoms with Crippen molar-refractivity contribution in [2.24, 2.45) is 0 Å². The quantitative estimate of drug-likeness (QED) is 0.918. The van der Waals surface area contributed by atoms with Crippen LogP contribution in [-0.4, -0.2) is 29.4 Å². The number of hydrogen-bond donors (Lipinski definition) is 1. The lowest BCUT2D eigenvalue weighted by Gasteiger charge is -2.26. The predicted octanol–water partition coefficient (Wildman–Crippen LogP) is 2.79. The first-order chi connectivity index (χ1) is 9.40. The number of nitrogens with one attached hydrogen (secondary N) is 1. The van der Waals surface area contributed by atoms with E-state index < -0.39 is 0 Å². The summed E-state index contributed by atoms with van der Waals surface area (Å²) in [5.74, 6) is -0.0926. The number of halogens is 1. The zero-order valence-electron chi connectivity index (χ0n) is 12.6. The standard InChI is InChI=1S/C16H23FN2O/c1-10(2)18-15-7-8-19(16(15)20)12(4)13-6-5-11(3)14(17)9-13/h5-6,9-10,12,15,18H,7-8H2,1-4H3. The second kappa shape index (κ2) is 5.92. The van der Waals surface area contributed by atoms with Gasteiger partial charge in [-0.1, -0.05) is 26.0 Å². The van der Waals surface area contributed by atoms with Gasteiger partial charge in [-0.3, -0.25) is 4.79 Å². The monoisotopic (exact) mass is 278 g/mol. The van der Waals surface area contributed by atoms with Crippen LogP contribution in [0.25, 0.3) is 0 Å². The molecule has 20 heavy (non-hydrogen) atoms. The minimum absolute atomic E-state index is 0.0865. The van der Waals surface area contributed by atoms with E-state index >= 15 is 0 Å². The maximum Gasteiger partial charge on any atom is 0.240 e. The molecule has 0 aliphatic carbocycles. The Kier molecular flexibility index (Phi) is 4.43. The van der Waals surface area contributed by atoms with Gasteiger partial charge in [0.1, 0.15) is 5.82 Å². The molecule has 1 aliphatic heterocycles. The molecule has 1 aliphatic rings. The van der Waals surface area contributed by atoms with Gasteiger partial charge in [-0.05, 0) is 37.5 Å². The number of hydrogen-bond acceptors (Lipinski definition) is 2. The number of amides is 1. The van der Waals surface area contributed by atoms with E-state index in [0.717, 1.165) is 18.5 Å². The second-order valence-corrected chi connectivity index (χ2v) is 5.88. The summed E-state index contributed by atoms with van der Waals surface area (Å²) in [6.07, 6.45) is 0.815. The average Bonchev–Trinajstić information content (AvgIpc) is 2.73. The largest absolute Gasteiger partial charge is 0.335 e. The molecule has 1 aromatic carbocycles. The Bertz CT molecular complexity index is 501. The summed E-state index contributed by atoms with van der Waals surface area (Å²) in [5.41, 5.74) is 1.49. The summed E-state index contributed by atoms with van der Waals surface area (Å²) < 4.78 is 13.7. The molecule has 4 heteroatoms. The fraction of sp³-hybridized carbons (Fsp3) is 0.562. The summed E-state index contributed by atoms with van der Waals surface area (Å²) in [5, 5.41) is 3.28. The Balaban J connectivity index is 2.11. The highest BCUT2D eigenvalue weighted by Gasteiger charge is 2.34. The molecule has 3 nitrogen and oxygen atoms in total. The molecule has 0 bridgehead atoms. The van der Waals surface area contributed by atoms with Gasteiger partial charge in [0.2, 0.25) is 5.91 Å². The summed E-state index contributed by atoms with van der Waals surface area (Å²) in [6, 6.07) is 5.31. The second-order valence-electron chi connectivity index (χ2n) is 5.88. The highest BCUT2D eigenvalue weighted by Crippen LogP contribution is 2.27. The van der Waals surface area contributed by atoms with Crippen molar-refractivity contribution in [2.75, 3.05) is 6.54 Å². The molecule has 1 aromatic rings. The molecular formula is C16H23FN2O. The number of carbonyl (C=O) groups excluding carboxylic acids is 1. The van der Waals surface area contributed by atoms with Crippen molar-refractivity contribution in [1.29, 1.82) is 0 Å². The molecule has 2 unspecified atom stereocenters. The molecular weight excluding hydrogens is 255 g/mol. The lowest BCUT2D eigenvalue weighted by molar-refractivity contribution is -0.131. The average molecular weight is 278 g/mol. The van der Waals surface area contributed by atoms with Gasteiger partial charge in [0, 0.05) is 12.6 Å². The predicted molar refractivity (Wildman–Crippen MR) is 77.9 cm³/mol. The van der Waals surface area contributed by atoms with E-state index in [1.165, 1.54) is 6.07 Å². The van der Waals surface area contributed by atoms with Crippen LogP contribution < -0.4 is 5.32 Å². The van der Waals surface area contributed by atoms with Gasteiger partial charge in [0.05, 0.1) is 12.1 Å². The molecule has 1 heterocycles. The van der Waals surface area contributed by atoms with Gasteiger partial charge >= 0.3 is 0 Å². The van der Waals surface area contributed by atoms with Crippen molar-refractivity contribution in [3.8, 4) is 0 Å². The number of aryl methyl sites for hydroxylation is 1. The number of benzene rings is 1. The molecule has 1 fully saturated rings. The Morgan fingerprint density at radius 2 is 2.05 bits per heavy atom. The van der Waals surface area contributed by atoms with Crippen molar-refractivity contribution in [3.05, 3.63) is 35.1 Å². The molecule has 1 saturated heterocycles. The van der Waals surface area contributed by atoms with Crippen LogP contribution in [0.1, 0.15) is 44.4 Å². The van der Waals surface area contributed by atoms with Crippen molar-refractivity contribution in [1.82, 2.24) is 10.2 Å². The van der Waals surface area contributed by atoms with Crippen LogP contribution in [0.3, 0.4) is 0 Å². The zero-order chi connectivity index (χ0) is 14.9. The van der Waals surface area contributed by atoms with E-state index in [1.807, 2.05) is 31.7 Å². The third kappa shape index (κ3) is 3.01. The smallest absolute Gasteiger partial charge is 0.240 e. The van der Waals surface area contributed by atoms with E-state index in [9.17, 15) is 9.18 Å². The van der Waals surface area contributed by atoms with Crippen LogP contribution in [0, 0.1) is 12.7 Å². The van der Waals surface area contributed by atoms with Crippen LogP contribution >= 0.6 is 0 Å². The van der Waals surface area contributed by atoms with Crippen molar-refractivity contribution < 1.29 is 9.18 Å². The van der Waals surface area contributed by atoms with Crippen LogP contribution in [-0.2, 0) is 4.79 Å². The zero-order valence-corrected chi connectivity index (χ0v) is 12.6. The number of nitrogens with zero attached hydrogens (tertiary/aromatic N) is 1. The molecule has 0 saturated carbocycles. The van der Waals surface area contributed by atoms with Gasteiger partial charge in [-0.2, -0.15) is 0 Å². The molecule has 110 valence electrons. The van der Waals surface area contributed by atoms with Crippen LogP contribution in [0.15, 0.2) is 18.2 Å². The third-order valence-corrected chi connectivity index (χ3v) is 3.92. The summed E-state index contributed by atoms with van der Waals surface area (Å²) in [7, 11) is 0. The summed E-state index contributed by atoms with van der Waals surface area (Å²) in [4.78, 5) is 14.2. The van der Waals surface area contributed by atoms with E-state index in [-0.39, 0.29) is 29.8 Å². The van der Waals surface area contributed by atoms with E-state index in [1.54, 1.807) is 13.0 Å². The minimum Gasteiger partial charge on any atom is -0.335 e. The number of likely N-dealkylation sites (tertiary alicyclic amines) is 1. The Morgan fingerprint density at radius 1 is 1.35 bits per heavy atom. The van der Waals surface area contributed by atoms with E-state index in [2.05, 4.69) is 5.32 Å². The lowest BCUT2D eigenvalue weighted by atomic mass is 10.0. The maximum absolute atomic E-state index is 13.7. The first-order valence-electron chi connectivity index (χ1n) is 7.22. The Morgan fingerprint density at radius 3 is 2.65 bits per heavy atom. The molecule has 1 amide bonds. The summed E-state index contributed by atoms with van der Waals surface area (Å²) >= 11 is 0. The Labute approximate surface area is 120 Å². The van der Waals surface area contributed by atoms with Crippen LogP contribution in [0.2, 0.25) is 0 Å². The first-order valence-corrected chi connectivity index (χ1v) is 7.22. The molecule has 0 spiro atoms. The van der Waals surface area contributed by atoms with E-state index in [4.69, 9.17) is 0 Å². The fourth-order valence-electron chi connectivity index (χ4n) is 2.69. The van der Waals surface area contributed by atoms with Crippen LogP contribution in [0.5, 0.6) is 0 Å². The topological polar surface area (TPSA) is 32.3 Å². The fourth-order valence-corrected chi connectivity index (χ4v) is 2.69. The molecule has 2 rings (SSSR count). The SMILES string of the molecule is Cc1ccc(C(C)N2CCC(NC(C)C)C2=O)cc1F. The van der Waals surface area contributed by atoms with Crippen LogP contribution in [0.4, 0.5) is 4.39 Å². The molecule has 2 atom stereocenters. The summed E-state index contributed by atoms with van der Waals surface area (Å²) in [6.45, 7) is 8.50. The highest BCUT2D eigenvalue weighted by molar-refractivity contribution is 5.84. The maximum atomic E-state index is 13.7. The number of rotatable bonds is 4. The minimum atomic E-state index is -0.210. The molecule has 0 radical (unpaired) electrons. The number of carbonyl (C=O) groups is 1. The first kappa shape index (κ1) is 15.0. The molecule has 1 N–H and O–H groups in total. The normalized spacial score (nSPS) is 20.8. The molecule has 0 aromatic heterocycles. The highest BCUT2D eigenvalue weighted by atomic mass is 19.1. The van der Waals surface area contributed by atoms with Gasteiger partial charge in [-0.15, -0.1) is 0 Å². The Hall–Kier alpha value is -1.42. The van der Waals surface area contributed by atoms with Gasteiger partial charge in [0.15, 0.2) is 0 Å². The van der Waals surface area contributed by atoms with E-state index in [0.29, 0.717) is 5.56 Å². The van der Waals surface area contributed by atoms with Crippen molar-refractivity contribution in [3.63, 3.8) is 0 Å².